The van der Waals surface area contributed by atoms with E-state index in [0.717, 1.165) is 32.9 Å². The Morgan fingerprint density at radius 2 is 1.73 bits per heavy atom. The molecule has 11 heteroatoms. The van der Waals surface area contributed by atoms with Crippen LogP contribution in [0.2, 0.25) is 10.0 Å². The number of carbonyl (C=O) groups is 2. The third-order valence-corrected chi connectivity index (χ3v) is 10.0. The maximum absolute atomic E-state index is 13.9. The number of imide groups is 1. The zero-order chi connectivity index (χ0) is 28.1. The molecule has 1 fully saturated rings. The molecule has 1 aromatic heterocycles. The van der Waals surface area contributed by atoms with Gasteiger partial charge in [0.05, 0.1) is 23.7 Å². The van der Waals surface area contributed by atoms with Gasteiger partial charge in [-0.15, -0.1) is 0 Å². The molecular formula is C29H22Cl2N2O5S2. The number of amides is 2. The molecule has 204 valence electrons. The Morgan fingerprint density at radius 3 is 2.45 bits per heavy atom. The van der Waals surface area contributed by atoms with Crippen molar-refractivity contribution < 1.29 is 19.1 Å². The summed E-state index contributed by atoms with van der Waals surface area (Å²) in [6.07, 6.45) is 0. The predicted octanol–water partition coefficient (Wildman–Crippen LogP) is 6.44. The Morgan fingerprint density at radius 1 is 0.950 bits per heavy atom. The minimum atomic E-state index is -0.692. The Labute approximate surface area is 248 Å². The lowest BCUT2D eigenvalue weighted by Gasteiger charge is -2.30. The Balaban J connectivity index is 1.37. The maximum atomic E-state index is 13.9. The molecule has 7 nitrogen and oxygen atoms in total. The van der Waals surface area contributed by atoms with Crippen molar-refractivity contribution in [1.82, 2.24) is 4.98 Å². The first-order chi connectivity index (χ1) is 19.2. The number of nitrogens with one attached hydrogen (secondary N) is 1. The summed E-state index contributed by atoms with van der Waals surface area (Å²) in [6, 6.07) is 17.9. The van der Waals surface area contributed by atoms with Crippen LogP contribution in [0.1, 0.15) is 27.5 Å². The molecule has 1 N–H and O–H groups in total. The number of aromatic nitrogens is 1. The number of benzene rings is 3. The highest BCUT2D eigenvalue weighted by atomic mass is 35.5. The molecule has 3 heterocycles. The largest absolute Gasteiger partial charge is 0.493 e. The van der Waals surface area contributed by atoms with Gasteiger partial charge in [0, 0.05) is 26.4 Å². The van der Waals surface area contributed by atoms with E-state index in [1.807, 2.05) is 25.1 Å². The lowest BCUT2D eigenvalue weighted by molar-refractivity contribution is -0.122. The second-order valence-electron chi connectivity index (χ2n) is 9.53. The van der Waals surface area contributed by atoms with E-state index in [-0.39, 0.29) is 23.3 Å². The molecule has 2 unspecified atom stereocenters. The summed E-state index contributed by atoms with van der Waals surface area (Å²) in [6.45, 7) is 2.14. The molecule has 4 aromatic rings. The number of ether oxygens (including phenoxy) is 2. The van der Waals surface area contributed by atoms with Crippen LogP contribution in [0.15, 0.2) is 70.5 Å². The number of anilines is 1. The Kier molecular flexibility index (Phi) is 7.16. The van der Waals surface area contributed by atoms with Crippen LogP contribution in [0, 0.1) is 12.8 Å². The number of aryl methyl sites for hydroxylation is 1. The van der Waals surface area contributed by atoms with E-state index in [1.165, 1.54) is 23.8 Å². The number of H-pyrrole nitrogens is 1. The van der Waals surface area contributed by atoms with Crippen LogP contribution in [0.5, 0.6) is 11.5 Å². The van der Waals surface area contributed by atoms with E-state index in [0.29, 0.717) is 32.3 Å². The smallest absolute Gasteiger partial charge is 0.305 e. The van der Waals surface area contributed by atoms with Gasteiger partial charge in [-0.05, 0) is 48.9 Å². The second kappa shape index (κ2) is 10.6. The van der Waals surface area contributed by atoms with Gasteiger partial charge in [0.1, 0.15) is 11.9 Å². The van der Waals surface area contributed by atoms with Gasteiger partial charge in [0.25, 0.3) is 0 Å². The van der Waals surface area contributed by atoms with Gasteiger partial charge < -0.3 is 14.5 Å². The van der Waals surface area contributed by atoms with Crippen molar-refractivity contribution in [2.75, 3.05) is 12.0 Å². The van der Waals surface area contributed by atoms with E-state index in [4.69, 9.17) is 32.7 Å². The fraction of sp³-hybridized carbons (Fsp3) is 0.207. The summed E-state index contributed by atoms with van der Waals surface area (Å²) < 4.78 is 11.7. The number of aromatic amines is 1. The number of hydrogen-bond donors (Lipinski definition) is 1. The van der Waals surface area contributed by atoms with Crippen molar-refractivity contribution in [3.63, 3.8) is 0 Å². The third kappa shape index (κ3) is 4.71. The van der Waals surface area contributed by atoms with Gasteiger partial charge in [0.15, 0.2) is 11.5 Å². The molecule has 3 aromatic carbocycles. The average molecular weight is 614 g/mol. The summed E-state index contributed by atoms with van der Waals surface area (Å²) in [5.41, 5.74) is 3.07. The van der Waals surface area contributed by atoms with Crippen LogP contribution in [0.25, 0.3) is 0 Å². The number of rotatable bonds is 6. The van der Waals surface area contributed by atoms with Crippen molar-refractivity contribution >= 4 is 63.8 Å². The van der Waals surface area contributed by atoms with Gasteiger partial charge in [-0.1, -0.05) is 76.1 Å². The average Bonchev–Trinajstić information content (AvgIpc) is 3.43. The van der Waals surface area contributed by atoms with Gasteiger partial charge in [-0.25, -0.2) is 4.90 Å². The molecule has 1 saturated heterocycles. The molecule has 0 bridgehead atoms. The van der Waals surface area contributed by atoms with Gasteiger partial charge in [0.2, 0.25) is 11.8 Å². The van der Waals surface area contributed by atoms with E-state index in [2.05, 4.69) is 4.98 Å². The van der Waals surface area contributed by atoms with Gasteiger partial charge in [-0.3, -0.25) is 14.4 Å². The Hall–Kier alpha value is -3.24. The number of methoxy groups -OCH3 is 1. The van der Waals surface area contributed by atoms with Crippen LogP contribution < -0.4 is 19.2 Å². The first-order valence-corrected chi connectivity index (χ1v) is 14.8. The van der Waals surface area contributed by atoms with Gasteiger partial charge in [-0.2, -0.15) is 0 Å². The van der Waals surface area contributed by atoms with Gasteiger partial charge >= 0.3 is 4.87 Å². The first kappa shape index (κ1) is 27.0. The van der Waals surface area contributed by atoms with E-state index < -0.39 is 17.1 Å². The minimum Gasteiger partial charge on any atom is -0.493 e. The molecule has 0 radical (unpaired) electrons. The first-order valence-electron chi connectivity index (χ1n) is 12.3. The molecule has 6 rings (SSSR count). The molecule has 3 atom stereocenters. The van der Waals surface area contributed by atoms with Crippen LogP contribution in [0.3, 0.4) is 0 Å². The SMILES string of the molecule is COc1cc([C@H]2c3sc(=O)[nH]c3SC3C(=O)N(c4ccc(C)cc4)C(=O)C32)ccc1OCc1ccc(Cl)cc1Cl. The van der Waals surface area contributed by atoms with Crippen LogP contribution in [-0.2, 0) is 16.2 Å². The summed E-state index contributed by atoms with van der Waals surface area (Å²) in [5, 5.41) is 0.966. The molecule has 2 amide bonds. The van der Waals surface area contributed by atoms with Crippen LogP contribution in [0.4, 0.5) is 5.69 Å². The van der Waals surface area contributed by atoms with Crippen LogP contribution >= 0.6 is 46.3 Å². The number of thiazole rings is 1. The number of fused-ring (bicyclic) bond motifs is 2. The summed E-state index contributed by atoms with van der Waals surface area (Å²) in [7, 11) is 1.53. The van der Waals surface area contributed by atoms with E-state index >= 15 is 0 Å². The van der Waals surface area contributed by atoms with E-state index in [1.54, 1.807) is 42.5 Å². The molecule has 40 heavy (non-hydrogen) atoms. The highest BCUT2D eigenvalue weighted by Crippen LogP contribution is 2.53. The topological polar surface area (TPSA) is 88.7 Å². The fourth-order valence-electron chi connectivity index (χ4n) is 5.12. The maximum Gasteiger partial charge on any atom is 0.305 e. The molecule has 0 spiro atoms. The quantitative estimate of drug-likeness (QED) is 0.252. The standard InChI is InChI=1S/C29H22Cl2N2O5S2/c1-14-3-8-18(9-4-14)33-27(34)23-22(24-26(32-29(36)40-24)39-25(23)28(33)35)15-6-10-20(21(11-15)37-2)38-13-16-5-7-17(30)12-19(16)31/h3-12,22-23,25H,13H2,1-2H3,(H,32,36)/t22-,23?,25?/m1/s1. The zero-order valence-electron chi connectivity index (χ0n) is 21.3. The number of nitrogens with zero attached hydrogens (tertiary/aromatic N) is 1. The summed E-state index contributed by atoms with van der Waals surface area (Å²) in [4.78, 5) is 44.5. The van der Waals surface area contributed by atoms with Crippen LogP contribution in [-0.4, -0.2) is 29.2 Å². The molecule has 0 aliphatic carbocycles. The second-order valence-corrected chi connectivity index (χ2v) is 12.5. The number of hydrogen-bond acceptors (Lipinski definition) is 7. The Bertz CT molecular complexity index is 1700. The van der Waals surface area contributed by atoms with Crippen molar-refractivity contribution in [3.05, 3.63) is 102 Å². The van der Waals surface area contributed by atoms with E-state index in [9.17, 15) is 14.4 Å². The molecule has 2 aliphatic heterocycles. The predicted molar refractivity (Wildman–Crippen MR) is 157 cm³/mol. The van der Waals surface area contributed by atoms with Crippen molar-refractivity contribution in [1.29, 1.82) is 0 Å². The molecule has 2 aliphatic rings. The number of halogens is 2. The van der Waals surface area contributed by atoms with Crippen molar-refractivity contribution in [2.45, 2.75) is 29.7 Å². The highest BCUT2D eigenvalue weighted by molar-refractivity contribution is 8.00. The molecular weight excluding hydrogens is 591 g/mol. The highest BCUT2D eigenvalue weighted by Gasteiger charge is 2.56. The van der Waals surface area contributed by atoms with Crippen molar-refractivity contribution in [3.8, 4) is 11.5 Å². The lowest BCUT2D eigenvalue weighted by atomic mass is 9.83. The summed E-state index contributed by atoms with van der Waals surface area (Å²) >= 11 is 14.6. The summed E-state index contributed by atoms with van der Waals surface area (Å²) in [5.74, 6) is -0.865. The number of thioether (sulfide) groups is 1. The zero-order valence-corrected chi connectivity index (χ0v) is 24.4. The fourth-order valence-corrected chi connectivity index (χ4v) is 8.09. The molecule has 0 saturated carbocycles. The normalized spacial score (nSPS) is 19.9. The lowest BCUT2D eigenvalue weighted by Crippen LogP contribution is -2.32. The monoisotopic (exact) mass is 612 g/mol. The number of carbonyl (C=O) groups excluding carboxylic acids is 2. The minimum absolute atomic E-state index is 0.193. The third-order valence-electron chi connectivity index (χ3n) is 7.06. The van der Waals surface area contributed by atoms with Crippen molar-refractivity contribution in [2.24, 2.45) is 5.92 Å².